The van der Waals surface area contributed by atoms with E-state index >= 15 is 0 Å². The number of unbranched alkanes of at least 4 members (excludes halogenated alkanes) is 1. The lowest BCUT2D eigenvalue weighted by atomic mass is 9.84. The molecule has 5 nitrogen and oxygen atoms in total. The van der Waals surface area contributed by atoms with Crippen LogP contribution in [0.25, 0.3) is 0 Å². The first-order chi connectivity index (χ1) is 17.3. The molecule has 3 aromatic rings. The molecular formula is C28H32FNO4S2. The second-order valence-corrected chi connectivity index (χ2v) is 11.8. The number of benzene rings is 3. The summed E-state index contributed by atoms with van der Waals surface area (Å²) in [5, 5.41) is 10.7. The summed E-state index contributed by atoms with van der Waals surface area (Å²) in [4.78, 5) is 0.726. The first kappa shape index (κ1) is 26.5. The van der Waals surface area contributed by atoms with E-state index in [1.165, 1.54) is 30.0 Å². The van der Waals surface area contributed by atoms with Gasteiger partial charge in [0.25, 0.3) is 0 Å². The Hall–Kier alpha value is -2.55. The largest absolute Gasteiger partial charge is 0.507 e. The van der Waals surface area contributed by atoms with Gasteiger partial charge in [0.15, 0.2) is 0 Å². The molecule has 0 spiro atoms. The average Bonchev–Trinajstić information content (AvgIpc) is 2.96. The molecule has 1 heterocycles. The molecule has 0 saturated heterocycles. The third kappa shape index (κ3) is 5.41. The van der Waals surface area contributed by atoms with Crippen molar-refractivity contribution in [3.63, 3.8) is 0 Å². The van der Waals surface area contributed by atoms with Crippen LogP contribution in [0.3, 0.4) is 0 Å². The van der Waals surface area contributed by atoms with E-state index in [4.69, 9.17) is 4.74 Å². The number of aromatic hydroxyl groups is 1. The Morgan fingerprint density at radius 3 is 2.42 bits per heavy atom. The minimum absolute atomic E-state index is 0.0564. The fourth-order valence-corrected chi connectivity index (χ4v) is 7.33. The lowest BCUT2D eigenvalue weighted by molar-refractivity contribution is 0.276. The maximum Gasteiger partial charge on any atom is 0.244 e. The summed E-state index contributed by atoms with van der Waals surface area (Å²) >= 11 is 1.37. The lowest BCUT2D eigenvalue weighted by Gasteiger charge is -2.30. The van der Waals surface area contributed by atoms with E-state index in [9.17, 15) is 17.9 Å². The van der Waals surface area contributed by atoms with E-state index in [-0.39, 0.29) is 35.0 Å². The van der Waals surface area contributed by atoms with E-state index in [0.29, 0.717) is 29.1 Å². The predicted molar refractivity (Wildman–Crippen MR) is 142 cm³/mol. The van der Waals surface area contributed by atoms with Crippen LogP contribution in [0.15, 0.2) is 70.5 Å². The zero-order valence-electron chi connectivity index (χ0n) is 20.8. The second kappa shape index (κ2) is 11.2. The molecule has 0 radical (unpaired) electrons. The summed E-state index contributed by atoms with van der Waals surface area (Å²) in [5.41, 5.74) is 2.36. The number of sulfonamides is 1. The number of nitrogens with zero attached hydrogens (tertiary/aromatic N) is 1. The SMILES string of the molecule is CCCCC1CC(c2ccc(F)cc2)c2cc(SC)c(O)cc2S(=O)(=O)N1Cc1ccc(OC)cc1. The first-order valence-corrected chi connectivity index (χ1v) is 14.8. The summed E-state index contributed by atoms with van der Waals surface area (Å²) in [6.45, 7) is 2.30. The summed E-state index contributed by atoms with van der Waals surface area (Å²) in [5.74, 6) is 0.0549. The molecule has 3 aromatic carbocycles. The Labute approximate surface area is 217 Å². The Morgan fingerprint density at radius 1 is 1.11 bits per heavy atom. The highest BCUT2D eigenvalue weighted by atomic mass is 32.2. The average molecular weight is 530 g/mol. The van der Waals surface area contributed by atoms with Gasteiger partial charge in [-0.15, -0.1) is 11.8 Å². The maximum absolute atomic E-state index is 14.2. The van der Waals surface area contributed by atoms with Gasteiger partial charge in [0, 0.05) is 29.5 Å². The van der Waals surface area contributed by atoms with Crippen LogP contribution in [-0.2, 0) is 16.6 Å². The van der Waals surface area contributed by atoms with Crippen LogP contribution in [0.1, 0.15) is 55.2 Å². The molecule has 1 N–H and O–H groups in total. The highest BCUT2D eigenvalue weighted by Crippen LogP contribution is 2.45. The smallest absolute Gasteiger partial charge is 0.244 e. The number of methoxy groups -OCH3 is 1. The third-order valence-electron chi connectivity index (χ3n) is 6.85. The van der Waals surface area contributed by atoms with Crippen molar-refractivity contribution >= 4 is 21.8 Å². The van der Waals surface area contributed by atoms with Gasteiger partial charge in [-0.1, -0.05) is 44.0 Å². The van der Waals surface area contributed by atoms with Crippen molar-refractivity contribution in [1.29, 1.82) is 0 Å². The molecule has 1 aliphatic heterocycles. The van der Waals surface area contributed by atoms with Gasteiger partial charge in [-0.2, -0.15) is 4.31 Å². The van der Waals surface area contributed by atoms with E-state index in [2.05, 4.69) is 6.92 Å². The number of fused-ring (bicyclic) bond motifs is 1. The molecule has 192 valence electrons. The van der Waals surface area contributed by atoms with Crippen LogP contribution in [0.4, 0.5) is 4.39 Å². The quantitative estimate of drug-likeness (QED) is 0.335. The first-order valence-electron chi connectivity index (χ1n) is 12.1. The van der Waals surface area contributed by atoms with E-state index in [0.717, 1.165) is 24.0 Å². The topological polar surface area (TPSA) is 66.8 Å². The zero-order chi connectivity index (χ0) is 25.9. The molecule has 8 heteroatoms. The molecule has 36 heavy (non-hydrogen) atoms. The number of rotatable bonds is 8. The number of phenols is 1. The highest BCUT2D eigenvalue weighted by Gasteiger charge is 2.40. The van der Waals surface area contributed by atoms with E-state index < -0.39 is 10.0 Å². The molecule has 0 aromatic heterocycles. The summed E-state index contributed by atoms with van der Waals surface area (Å²) in [7, 11) is -2.36. The van der Waals surface area contributed by atoms with Gasteiger partial charge in [-0.3, -0.25) is 0 Å². The minimum Gasteiger partial charge on any atom is -0.507 e. The molecule has 0 aliphatic carbocycles. The molecule has 0 saturated carbocycles. The van der Waals surface area contributed by atoms with Crippen molar-refractivity contribution in [3.05, 3.63) is 83.2 Å². The molecule has 2 unspecified atom stereocenters. The van der Waals surface area contributed by atoms with Gasteiger partial charge in [0.05, 0.1) is 12.0 Å². The summed E-state index contributed by atoms with van der Waals surface area (Å²) < 4.78 is 49.1. The third-order valence-corrected chi connectivity index (χ3v) is 9.57. The van der Waals surface area contributed by atoms with Crippen molar-refractivity contribution in [2.24, 2.45) is 0 Å². The van der Waals surface area contributed by atoms with Crippen molar-refractivity contribution < 1.29 is 22.7 Å². The maximum atomic E-state index is 14.2. The Kier molecular flexibility index (Phi) is 8.27. The molecule has 1 aliphatic rings. The van der Waals surface area contributed by atoms with Gasteiger partial charge in [0.2, 0.25) is 10.0 Å². The van der Waals surface area contributed by atoms with Crippen LogP contribution < -0.4 is 4.74 Å². The lowest BCUT2D eigenvalue weighted by Crippen LogP contribution is -2.39. The van der Waals surface area contributed by atoms with Gasteiger partial charge in [0.1, 0.15) is 17.3 Å². The van der Waals surface area contributed by atoms with E-state index in [1.54, 1.807) is 29.6 Å². The fourth-order valence-electron chi connectivity index (χ4n) is 4.90. The molecular weight excluding hydrogens is 497 g/mol. The molecule has 0 amide bonds. The normalized spacial score (nSPS) is 19.4. The van der Waals surface area contributed by atoms with Crippen LogP contribution in [0.5, 0.6) is 11.5 Å². The van der Waals surface area contributed by atoms with Gasteiger partial charge < -0.3 is 9.84 Å². The molecule has 2 atom stereocenters. The molecule has 0 bridgehead atoms. The Balaban J connectivity index is 1.89. The Morgan fingerprint density at radius 2 is 1.81 bits per heavy atom. The van der Waals surface area contributed by atoms with Crippen LogP contribution in [0, 0.1) is 5.82 Å². The second-order valence-electron chi connectivity index (χ2n) is 9.10. The molecule has 4 rings (SSSR count). The predicted octanol–water partition coefficient (Wildman–Crippen LogP) is 6.55. The van der Waals surface area contributed by atoms with Crippen LogP contribution in [-0.4, -0.2) is 37.2 Å². The van der Waals surface area contributed by atoms with Gasteiger partial charge in [-0.05, 0) is 66.1 Å². The van der Waals surface area contributed by atoms with Gasteiger partial charge >= 0.3 is 0 Å². The van der Waals surface area contributed by atoms with Gasteiger partial charge in [-0.25, -0.2) is 12.8 Å². The highest BCUT2D eigenvalue weighted by molar-refractivity contribution is 7.98. The molecule has 0 fully saturated rings. The zero-order valence-corrected chi connectivity index (χ0v) is 22.4. The Bertz CT molecular complexity index is 1290. The van der Waals surface area contributed by atoms with Crippen LogP contribution >= 0.6 is 11.8 Å². The van der Waals surface area contributed by atoms with Crippen LogP contribution in [0.2, 0.25) is 0 Å². The number of ether oxygens (including phenoxy) is 1. The van der Waals surface area contributed by atoms with Crippen molar-refractivity contribution in [3.8, 4) is 11.5 Å². The number of halogens is 1. The number of thioether (sulfide) groups is 1. The van der Waals surface area contributed by atoms with Crippen molar-refractivity contribution in [2.45, 2.75) is 60.9 Å². The van der Waals surface area contributed by atoms with Crippen molar-refractivity contribution in [2.75, 3.05) is 13.4 Å². The summed E-state index contributed by atoms with van der Waals surface area (Å²) in [6, 6.07) is 16.6. The monoisotopic (exact) mass is 529 g/mol. The minimum atomic E-state index is -3.95. The van der Waals surface area contributed by atoms with Crippen molar-refractivity contribution in [1.82, 2.24) is 4.31 Å². The number of hydrogen-bond acceptors (Lipinski definition) is 5. The fraction of sp³-hybridized carbons (Fsp3) is 0.357. The summed E-state index contributed by atoms with van der Waals surface area (Å²) in [6.07, 6.45) is 4.94. The standard InChI is InChI=1S/C28H32FNO4S2/c1-4-5-6-22-15-24(20-9-11-21(29)12-10-20)25-16-27(35-3)26(31)17-28(25)36(32,33)30(22)18-19-7-13-23(34-2)14-8-19/h7-14,16-17,22,24,31H,4-6,15,18H2,1-3H3. The van der Waals surface area contributed by atoms with E-state index in [1.807, 2.05) is 30.5 Å². The number of phenolic OH excluding ortho intramolecular Hbond substituents is 1. The number of hydrogen-bond donors (Lipinski definition) is 1.